The van der Waals surface area contributed by atoms with Gasteiger partial charge in [0.05, 0.1) is 23.7 Å². The van der Waals surface area contributed by atoms with E-state index in [1.165, 1.54) is 43.9 Å². The Hall–Kier alpha value is -2.55. The number of aromatic hydroxyl groups is 1. The maximum Gasteiger partial charge on any atom is 0.309 e. The van der Waals surface area contributed by atoms with E-state index in [0.717, 1.165) is 69.2 Å². The fourth-order valence-electron chi connectivity index (χ4n) is 6.79. The van der Waals surface area contributed by atoms with E-state index in [-0.39, 0.29) is 29.9 Å². The Bertz CT molecular complexity index is 1080. The zero-order valence-electron chi connectivity index (χ0n) is 26.0. The minimum absolute atomic E-state index is 0.0274. The Kier molecular flexibility index (Phi) is 14.4. The van der Waals surface area contributed by atoms with Gasteiger partial charge in [-0.1, -0.05) is 77.2 Å². The van der Waals surface area contributed by atoms with E-state index in [9.17, 15) is 35.4 Å². The third kappa shape index (κ3) is 11.5. The highest BCUT2D eigenvalue weighted by Gasteiger charge is 2.42. The average molecular weight is 601 g/mol. The lowest BCUT2D eigenvalue weighted by molar-refractivity contribution is -0.268. The predicted molar refractivity (Wildman–Crippen MR) is 167 cm³/mol. The van der Waals surface area contributed by atoms with Crippen LogP contribution >= 0.6 is 0 Å². The maximum absolute atomic E-state index is 12.0. The number of benzene rings is 1. The van der Waals surface area contributed by atoms with Crippen molar-refractivity contribution in [3.8, 4) is 22.8 Å². The molecule has 2 aromatic rings. The Morgan fingerprint density at radius 3 is 2.30 bits per heavy atom. The second kappa shape index (κ2) is 17.7. The van der Waals surface area contributed by atoms with Gasteiger partial charge in [0.25, 0.3) is 0 Å². The standard InChI is InChI=1S/C35H55NO7/c1-2-3-4-5-8-13-28(37)14-9-6-7-10-15-31(34(41)42)33(40)18-20-35(43)19-11-12-26(35)23-27-16-17-32(36-27)25-21-29(38)24-30(39)22-25/h16-17,21-22,24,26,28,31,33,36-40,43H,2-15,18-20,23H2,1H3,(H,41,42)/p-1/t26-,28-,31-,33+,35-/m0/s1. The summed E-state index contributed by atoms with van der Waals surface area (Å²) >= 11 is 0. The van der Waals surface area contributed by atoms with Crippen LogP contribution in [0.3, 0.4) is 0 Å². The van der Waals surface area contributed by atoms with Crippen molar-refractivity contribution in [1.29, 1.82) is 0 Å². The van der Waals surface area contributed by atoms with E-state index < -0.39 is 23.6 Å². The van der Waals surface area contributed by atoms with Crippen molar-refractivity contribution in [3.63, 3.8) is 0 Å². The summed E-state index contributed by atoms with van der Waals surface area (Å²) in [6, 6.07) is 7.94. The third-order valence-electron chi connectivity index (χ3n) is 9.44. The van der Waals surface area contributed by atoms with Crippen molar-refractivity contribution in [2.24, 2.45) is 11.8 Å². The smallest absolute Gasteiger partial charge is 0.309 e. The third-order valence-corrected chi connectivity index (χ3v) is 9.44. The van der Waals surface area contributed by atoms with Crippen LogP contribution in [0, 0.1) is 11.8 Å². The number of carboxylic acid groups (broad SMARTS) is 1. The molecule has 8 nitrogen and oxygen atoms in total. The number of nitrogens with one attached hydrogen (secondary N) is 1. The number of phenolic OH excluding ortho intramolecular Hbond substituents is 1. The van der Waals surface area contributed by atoms with Crippen LogP contribution in [0.1, 0.15) is 122 Å². The van der Waals surface area contributed by atoms with Gasteiger partial charge in [-0.15, -0.1) is 5.75 Å². The lowest BCUT2D eigenvalue weighted by atomic mass is 9.81. The largest absolute Gasteiger partial charge is 0.872 e. The molecule has 6 N–H and O–H groups in total. The summed E-state index contributed by atoms with van der Waals surface area (Å²) in [6.07, 6.45) is 13.8. The van der Waals surface area contributed by atoms with Crippen LogP contribution in [0.25, 0.3) is 11.3 Å². The van der Waals surface area contributed by atoms with Crippen LogP contribution in [0.5, 0.6) is 11.5 Å². The Balaban J connectivity index is 1.40. The first-order valence-electron chi connectivity index (χ1n) is 16.6. The number of hydrogen-bond donors (Lipinski definition) is 6. The van der Waals surface area contributed by atoms with Gasteiger partial charge in [0, 0.05) is 17.0 Å². The van der Waals surface area contributed by atoms with Crippen molar-refractivity contribution in [3.05, 3.63) is 36.0 Å². The molecule has 1 aromatic carbocycles. The van der Waals surface area contributed by atoms with E-state index in [1.54, 1.807) is 0 Å². The molecule has 1 aliphatic carbocycles. The minimum Gasteiger partial charge on any atom is -0.872 e. The number of carbonyl (C=O) groups is 1. The van der Waals surface area contributed by atoms with Gasteiger partial charge in [0.15, 0.2) is 0 Å². The van der Waals surface area contributed by atoms with Crippen LogP contribution in [0.2, 0.25) is 0 Å². The van der Waals surface area contributed by atoms with E-state index >= 15 is 0 Å². The molecular weight excluding hydrogens is 546 g/mol. The first kappa shape index (κ1) is 34.9. The summed E-state index contributed by atoms with van der Waals surface area (Å²) < 4.78 is 0. The summed E-state index contributed by atoms with van der Waals surface area (Å²) in [5.74, 6) is -2.22. The zero-order valence-corrected chi connectivity index (χ0v) is 26.0. The number of hydrogen-bond acceptors (Lipinski definition) is 6. The van der Waals surface area contributed by atoms with E-state index in [2.05, 4.69) is 11.9 Å². The molecule has 8 heteroatoms. The molecule has 1 aromatic heterocycles. The Labute approximate surface area is 257 Å². The van der Waals surface area contributed by atoms with Gasteiger partial charge in [-0.2, -0.15) is 0 Å². The van der Waals surface area contributed by atoms with Crippen LogP contribution in [0.15, 0.2) is 30.3 Å². The molecule has 5 atom stereocenters. The van der Waals surface area contributed by atoms with Gasteiger partial charge >= 0.3 is 5.97 Å². The molecular formula is C35H54NO7-. The first-order chi connectivity index (χ1) is 20.6. The number of H-pyrrole nitrogens is 1. The normalized spacial score (nSPS) is 20.7. The van der Waals surface area contributed by atoms with Crippen LogP contribution in [-0.2, 0) is 11.2 Å². The molecule has 1 heterocycles. The average Bonchev–Trinajstić information content (AvgIpc) is 3.57. The summed E-state index contributed by atoms with van der Waals surface area (Å²) in [7, 11) is 0. The van der Waals surface area contributed by atoms with Crippen LogP contribution in [0.4, 0.5) is 0 Å². The molecule has 0 amide bonds. The monoisotopic (exact) mass is 600 g/mol. The van der Waals surface area contributed by atoms with E-state index in [1.807, 2.05) is 12.1 Å². The second-order valence-electron chi connectivity index (χ2n) is 12.9. The summed E-state index contributed by atoms with van der Waals surface area (Å²) in [4.78, 5) is 15.3. The molecule has 0 bridgehead atoms. The fraction of sp³-hybridized carbons (Fsp3) is 0.686. The molecule has 43 heavy (non-hydrogen) atoms. The van der Waals surface area contributed by atoms with Crippen LogP contribution < -0.4 is 5.11 Å². The fourth-order valence-corrected chi connectivity index (χ4v) is 6.79. The highest BCUT2D eigenvalue weighted by atomic mass is 16.4. The van der Waals surface area contributed by atoms with Gasteiger partial charge in [-0.3, -0.25) is 4.79 Å². The van der Waals surface area contributed by atoms with Crippen molar-refractivity contribution in [2.45, 2.75) is 140 Å². The second-order valence-corrected chi connectivity index (χ2v) is 12.9. The molecule has 0 radical (unpaired) electrons. The summed E-state index contributed by atoms with van der Waals surface area (Å²) in [5.41, 5.74) is 1.27. The lowest BCUT2D eigenvalue weighted by Gasteiger charge is -2.32. The number of aliphatic carboxylic acids is 1. The SMILES string of the molecule is CCCCCCC[C@H](O)CCCCCC[C@H](C(=O)O)[C@H](O)CC[C@@]1(O)CCC[C@H]1Cc1ccc(-c2cc([O-])cc(O)c2)[nH]1. The van der Waals surface area contributed by atoms with Gasteiger partial charge in [0.2, 0.25) is 0 Å². The van der Waals surface area contributed by atoms with Crippen molar-refractivity contribution >= 4 is 5.97 Å². The number of carboxylic acids is 1. The van der Waals surface area contributed by atoms with Gasteiger partial charge in [-0.05, 0) is 81.5 Å². The number of unbranched alkanes of at least 4 members (excludes halogenated alkanes) is 7. The molecule has 0 spiro atoms. The van der Waals surface area contributed by atoms with Crippen molar-refractivity contribution in [1.82, 2.24) is 4.98 Å². The Morgan fingerprint density at radius 2 is 1.65 bits per heavy atom. The highest BCUT2D eigenvalue weighted by molar-refractivity contribution is 5.70. The molecule has 242 valence electrons. The van der Waals surface area contributed by atoms with Gasteiger partial charge < -0.3 is 35.6 Å². The Morgan fingerprint density at radius 1 is 0.977 bits per heavy atom. The number of aliphatic hydroxyl groups is 3. The topological polar surface area (TPSA) is 157 Å². The van der Waals surface area contributed by atoms with Gasteiger partial charge in [-0.25, -0.2) is 0 Å². The maximum atomic E-state index is 12.0. The predicted octanol–water partition coefficient (Wildman–Crippen LogP) is 6.44. The molecule has 0 saturated heterocycles. The van der Waals surface area contributed by atoms with E-state index in [0.29, 0.717) is 31.2 Å². The molecule has 3 rings (SSSR count). The number of phenols is 1. The zero-order chi connectivity index (χ0) is 31.2. The quantitative estimate of drug-likeness (QED) is 0.0900. The van der Waals surface area contributed by atoms with Crippen molar-refractivity contribution in [2.75, 3.05) is 0 Å². The highest BCUT2D eigenvalue weighted by Crippen LogP contribution is 2.42. The number of rotatable bonds is 21. The molecule has 1 saturated carbocycles. The number of aromatic nitrogens is 1. The summed E-state index contributed by atoms with van der Waals surface area (Å²) in [6.45, 7) is 2.20. The lowest BCUT2D eigenvalue weighted by Crippen LogP contribution is -2.37. The van der Waals surface area contributed by atoms with Crippen LogP contribution in [-0.4, -0.2) is 54.3 Å². The molecule has 1 fully saturated rings. The number of aliphatic hydroxyl groups excluding tert-OH is 2. The summed E-state index contributed by atoms with van der Waals surface area (Å²) in [5, 5.41) is 63.9. The minimum atomic E-state index is -1.01. The van der Waals surface area contributed by atoms with Gasteiger partial charge in [0.1, 0.15) is 5.75 Å². The molecule has 1 aliphatic rings. The number of aromatic amines is 1. The van der Waals surface area contributed by atoms with Crippen molar-refractivity contribution < 1.29 is 35.4 Å². The molecule has 0 unspecified atom stereocenters. The first-order valence-corrected chi connectivity index (χ1v) is 16.6. The molecule has 0 aliphatic heterocycles. The van der Waals surface area contributed by atoms with E-state index in [4.69, 9.17) is 0 Å².